The number of thioether (sulfide) groups is 1. The molecule has 4 rings (SSSR count). The predicted molar refractivity (Wildman–Crippen MR) is 96.3 cm³/mol. The monoisotopic (exact) mass is 427 g/mol. The summed E-state index contributed by atoms with van der Waals surface area (Å²) in [5.74, 6) is -1.02. The van der Waals surface area contributed by atoms with Crippen LogP contribution in [0.5, 0.6) is 0 Å². The molecule has 8 nitrogen and oxygen atoms in total. The number of amides is 1. The molecule has 3 aromatic rings. The molecule has 1 amide bonds. The van der Waals surface area contributed by atoms with Gasteiger partial charge in [-0.3, -0.25) is 4.79 Å². The van der Waals surface area contributed by atoms with Crippen molar-refractivity contribution in [1.82, 2.24) is 24.6 Å². The molecule has 0 N–H and O–H groups in total. The number of nitrogens with zero attached hydrogens (tertiary/aromatic N) is 5. The van der Waals surface area contributed by atoms with E-state index in [1.165, 1.54) is 6.07 Å². The summed E-state index contributed by atoms with van der Waals surface area (Å²) >= 11 is 1.05. The molecule has 0 radical (unpaired) electrons. The summed E-state index contributed by atoms with van der Waals surface area (Å²) < 4.78 is 51.8. The zero-order valence-corrected chi connectivity index (χ0v) is 15.9. The van der Waals surface area contributed by atoms with E-state index >= 15 is 0 Å². The fourth-order valence-corrected chi connectivity index (χ4v) is 3.66. The number of carbonyl (C=O) groups excluding carboxylic acids is 1. The van der Waals surface area contributed by atoms with Crippen molar-refractivity contribution in [2.45, 2.75) is 17.9 Å². The van der Waals surface area contributed by atoms with Gasteiger partial charge in [0.05, 0.1) is 30.0 Å². The first kappa shape index (κ1) is 19.7. The normalized spacial score (nSPS) is 15.2. The predicted octanol–water partition coefficient (Wildman–Crippen LogP) is 2.44. The Morgan fingerprint density at radius 2 is 1.93 bits per heavy atom. The summed E-state index contributed by atoms with van der Waals surface area (Å²) in [6, 6.07) is 6.30. The third-order valence-corrected chi connectivity index (χ3v) is 5.14. The van der Waals surface area contributed by atoms with Crippen LogP contribution in [0, 0.1) is 0 Å². The van der Waals surface area contributed by atoms with E-state index in [1.54, 1.807) is 23.1 Å². The zero-order valence-electron chi connectivity index (χ0n) is 15.1. The van der Waals surface area contributed by atoms with Crippen molar-refractivity contribution in [3.63, 3.8) is 0 Å². The van der Waals surface area contributed by atoms with Gasteiger partial charge in [-0.25, -0.2) is 4.98 Å². The quantitative estimate of drug-likeness (QED) is 0.578. The van der Waals surface area contributed by atoms with Gasteiger partial charge in [0, 0.05) is 13.1 Å². The number of para-hydroxylation sites is 2. The van der Waals surface area contributed by atoms with Crippen molar-refractivity contribution in [1.29, 1.82) is 0 Å². The van der Waals surface area contributed by atoms with Crippen LogP contribution >= 0.6 is 11.8 Å². The molecule has 0 atom stereocenters. The van der Waals surface area contributed by atoms with Gasteiger partial charge in [0.25, 0.3) is 5.22 Å². The molecule has 1 saturated heterocycles. The number of alkyl halides is 3. The smallest absolute Gasteiger partial charge is 0.414 e. The van der Waals surface area contributed by atoms with Crippen molar-refractivity contribution in [3.8, 4) is 0 Å². The number of benzene rings is 1. The van der Waals surface area contributed by atoms with Gasteiger partial charge >= 0.3 is 6.18 Å². The lowest BCUT2D eigenvalue weighted by atomic mass is 10.3. The number of ether oxygens (including phenoxy) is 1. The Kier molecular flexibility index (Phi) is 5.46. The van der Waals surface area contributed by atoms with Crippen LogP contribution < -0.4 is 0 Å². The van der Waals surface area contributed by atoms with Gasteiger partial charge in [0.15, 0.2) is 0 Å². The van der Waals surface area contributed by atoms with Gasteiger partial charge in [-0.05, 0) is 12.1 Å². The number of halogens is 3. The summed E-state index contributed by atoms with van der Waals surface area (Å²) in [5.41, 5.74) is 0.541. The molecule has 1 aliphatic rings. The topological polar surface area (TPSA) is 86.3 Å². The van der Waals surface area contributed by atoms with E-state index in [0.29, 0.717) is 31.8 Å². The van der Waals surface area contributed by atoms with Gasteiger partial charge < -0.3 is 18.6 Å². The number of morpholine rings is 1. The Hall–Kier alpha value is -2.60. The standard InChI is InChI=1S/C17H16F3N5O3S/c18-17(19,20)15-21-11-3-1-2-4-12(11)25(15)9-13-22-23-16(28-13)29-10-14(26)24-5-7-27-8-6-24/h1-4H,5-10H2. The van der Waals surface area contributed by atoms with E-state index in [9.17, 15) is 18.0 Å². The van der Waals surface area contributed by atoms with Gasteiger partial charge in [-0.1, -0.05) is 23.9 Å². The van der Waals surface area contributed by atoms with E-state index < -0.39 is 12.0 Å². The fourth-order valence-electron chi connectivity index (χ4n) is 2.98. The van der Waals surface area contributed by atoms with Crippen LogP contribution in [0.3, 0.4) is 0 Å². The van der Waals surface area contributed by atoms with Gasteiger partial charge in [0.1, 0.15) is 6.54 Å². The highest BCUT2D eigenvalue weighted by molar-refractivity contribution is 7.99. The molecule has 2 aromatic heterocycles. The van der Waals surface area contributed by atoms with Crippen molar-refractivity contribution in [3.05, 3.63) is 36.0 Å². The van der Waals surface area contributed by atoms with Gasteiger partial charge in [0.2, 0.25) is 17.6 Å². The first-order valence-electron chi connectivity index (χ1n) is 8.75. The molecule has 0 saturated carbocycles. The van der Waals surface area contributed by atoms with Crippen molar-refractivity contribution >= 4 is 28.7 Å². The van der Waals surface area contributed by atoms with Crippen LogP contribution in [0.15, 0.2) is 33.9 Å². The number of imidazole rings is 1. The van der Waals surface area contributed by atoms with E-state index in [4.69, 9.17) is 9.15 Å². The number of hydrogen-bond donors (Lipinski definition) is 0. The zero-order chi connectivity index (χ0) is 20.4. The fraction of sp³-hybridized carbons (Fsp3) is 0.412. The molecule has 0 unspecified atom stereocenters. The number of rotatable bonds is 5. The first-order chi connectivity index (χ1) is 13.9. The highest BCUT2D eigenvalue weighted by atomic mass is 32.2. The molecule has 0 aliphatic carbocycles. The summed E-state index contributed by atoms with van der Waals surface area (Å²) in [4.78, 5) is 17.5. The van der Waals surface area contributed by atoms with Crippen LogP contribution in [0.2, 0.25) is 0 Å². The maximum absolute atomic E-state index is 13.4. The number of fused-ring (bicyclic) bond motifs is 1. The molecule has 1 aromatic carbocycles. The van der Waals surface area contributed by atoms with Crippen molar-refractivity contribution in [2.24, 2.45) is 0 Å². The minimum Gasteiger partial charge on any atom is -0.414 e. The van der Waals surface area contributed by atoms with Crippen molar-refractivity contribution in [2.75, 3.05) is 32.1 Å². The summed E-state index contributed by atoms with van der Waals surface area (Å²) in [5, 5.41) is 7.76. The second kappa shape index (κ2) is 8.03. The minimum absolute atomic E-state index is 0.0000236. The van der Waals surface area contributed by atoms with E-state index in [2.05, 4.69) is 15.2 Å². The van der Waals surface area contributed by atoms with Crippen molar-refractivity contribution < 1.29 is 27.1 Å². The average molecular weight is 427 g/mol. The van der Waals surface area contributed by atoms with E-state index in [0.717, 1.165) is 16.3 Å². The Bertz CT molecular complexity index is 1010. The lowest BCUT2D eigenvalue weighted by Gasteiger charge is -2.26. The number of carbonyl (C=O) groups is 1. The number of aromatic nitrogens is 4. The molecule has 12 heteroatoms. The maximum atomic E-state index is 13.4. The molecular weight excluding hydrogens is 411 g/mol. The summed E-state index contributed by atoms with van der Waals surface area (Å²) in [6.45, 7) is 1.79. The molecule has 0 bridgehead atoms. The summed E-state index contributed by atoms with van der Waals surface area (Å²) in [6.07, 6.45) is -4.62. The van der Waals surface area contributed by atoms with Gasteiger partial charge in [-0.15, -0.1) is 10.2 Å². The Balaban J connectivity index is 1.47. The number of hydrogen-bond acceptors (Lipinski definition) is 7. The molecular formula is C17H16F3N5O3S. The maximum Gasteiger partial charge on any atom is 0.449 e. The molecule has 0 spiro atoms. The molecule has 1 aliphatic heterocycles. The molecule has 29 heavy (non-hydrogen) atoms. The second-order valence-corrected chi connectivity index (χ2v) is 7.18. The Labute approximate surface area is 167 Å². The highest BCUT2D eigenvalue weighted by Crippen LogP contribution is 2.32. The largest absolute Gasteiger partial charge is 0.449 e. The Morgan fingerprint density at radius 1 is 1.17 bits per heavy atom. The Morgan fingerprint density at radius 3 is 2.69 bits per heavy atom. The van der Waals surface area contributed by atoms with Crippen LogP contribution in [0.4, 0.5) is 13.2 Å². The highest BCUT2D eigenvalue weighted by Gasteiger charge is 2.38. The van der Waals surface area contributed by atoms with Crippen LogP contribution in [-0.4, -0.2) is 62.6 Å². The average Bonchev–Trinajstić information content (AvgIpc) is 3.32. The van der Waals surface area contributed by atoms with Crippen LogP contribution in [-0.2, 0) is 22.3 Å². The van der Waals surface area contributed by atoms with Crippen LogP contribution in [0.1, 0.15) is 11.7 Å². The molecule has 1 fully saturated rings. The van der Waals surface area contributed by atoms with E-state index in [-0.39, 0.29) is 34.8 Å². The lowest BCUT2D eigenvalue weighted by Crippen LogP contribution is -2.41. The SMILES string of the molecule is O=C(CSc1nnc(Cn2c(C(F)(F)F)nc3ccccc32)o1)N1CCOCC1. The molecule has 154 valence electrons. The van der Waals surface area contributed by atoms with E-state index in [1.807, 2.05) is 0 Å². The first-order valence-corrected chi connectivity index (χ1v) is 9.73. The van der Waals surface area contributed by atoms with Gasteiger partial charge in [-0.2, -0.15) is 13.2 Å². The third kappa shape index (κ3) is 4.37. The van der Waals surface area contributed by atoms with Crippen LogP contribution in [0.25, 0.3) is 11.0 Å². The molecule has 3 heterocycles. The minimum atomic E-state index is -4.62. The second-order valence-electron chi connectivity index (χ2n) is 6.25. The third-order valence-electron chi connectivity index (χ3n) is 4.33. The lowest BCUT2D eigenvalue weighted by molar-refractivity contribution is -0.146. The summed E-state index contributed by atoms with van der Waals surface area (Å²) in [7, 11) is 0.